The molecule has 0 unspecified atom stereocenters. The average molecular weight is 281 g/mol. The predicted octanol–water partition coefficient (Wildman–Crippen LogP) is 0.870. The zero-order valence-electron chi connectivity index (χ0n) is 10.8. The number of aromatic nitrogens is 3. The van der Waals surface area contributed by atoms with E-state index in [0.717, 1.165) is 0 Å². The van der Waals surface area contributed by atoms with E-state index < -0.39 is 5.91 Å². The van der Waals surface area contributed by atoms with Crippen molar-refractivity contribution in [2.45, 2.75) is 0 Å². The second-order valence-electron chi connectivity index (χ2n) is 4.46. The third-order valence-corrected chi connectivity index (χ3v) is 3.15. The Kier molecular flexibility index (Phi) is 2.87. The maximum atomic E-state index is 12.6. The lowest BCUT2D eigenvalue weighted by molar-refractivity contribution is 0.1000. The van der Waals surface area contributed by atoms with Crippen LogP contribution in [0.25, 0.3) is 11.0 Å². The topological polar surface area (TPSA) is 128 Å². The number of fused-ring (bicyclic) bond motifs is 1. The minimum Gasteiger partial charge on any atom is -0.383 e. The number of anilines is 1. The second-order valence-corrected chi connectivity index (χ2v) is 4.46. The van der Waals surface area contributed by atoms with Gasteiger partial charge >= 0.3 is 0 Å². The number of nitrogens with one attached hydrogen (secondary N) is 1. The fourth-order valence-electron chi connectivity index (χ4n) is 2.14. The van der Waals surface area contributed by atoms with Gasteiger partial charge < -0.3 is 16.5 Å². The molecule has 2 heterocycles. The Hall–Kier alpha value is -3.22. The van der Waals surface area contributed by atoms with Gasteiger partial charge in [-0.2, -0.15) is 0 Å². The third-order valence-electron chi connectivity index (χ3n) is 3.15. The van der Waals surface area contributed by atoms with E-state index in [1.165, 1.54) is 18.6 Å². The van der Waals surface area contributed by atoms with Gasteiger partial charge in [0.25, 0.3) is 0 Å². The van der Waals surface area contributed by atoms with Gasteiger partial charge in [0.15, 0.2) is 5.78 Å². The van der Waals surface area contributed by atoms with Gasteiger partial charge in [0.1, 0.15) is 17.8 Å². The highest BCUT2D eigenvalue weighted by atomic mass is 16.1. The number of nitrogens with zero attached hydrogens (tertiary/aromatic N) is 2. The largest absolute Gasteiger partial charge is 0.383 e. The van der Waals surface area contributed by atoms with E-state index in [-0.39, 0.29) is 17.2 Å². The summed E-state index contributed by atoms with van der Waals surface area (Å²) in [6, 6.07) is 6.20. The number of nitrogen functional groups attached to an aromatic ring is 1. The van der Waals surface area contributed by atoms with Crippen molar-refractivity contribution < 1.29 is 9.59 Å². The Bertz CT molecular complexity index is 869. The monoisotopic (exact) mass is 281 g/mol. The summed E-state index contributed by atoms with van der Waals surface area (Å²) in [6.45, 7) is 0. The number of amides is 1. The van der Waals surface area contributed by atoms with Crippen LogP contribution in [0.15, 0.2) is 36.8 Å². The first kappa shape index (κ1) is 12.8. The van der Waals surface area contributed by atoms with Crippen molar-refractivity contribution in [3.8, 4) is 0 Å². The van der Waals surface area contributed by atoms with Crippen LogP contribution in [0.5, 0.6) is 0 Å². The first-order valence-corrected chi connectivity index (χ1v) is 6.10. The number of carbonyl (C=O) groups excluding carboxylic acids is 2. The van der Waals surface area contributed by atoms with Crippen LogP contribution < -0.4 is 11.5 Å². The summed E-state index contributed by atoms with van der Waals surface area (Å²) in [4.78, 5) is 34.5. The Morgan fingerprint density at radius 2 is 1.90 bits per heavy atom. The van der Waals surface area contributed by atoms with Gasteiger partial charge in [-0.25, -0.2) is 9.97 Å². The van der Waals surface area contributed by atoms with E-state index >= 15 is 0 Å². The van der Waals surface area contributed by atoms with E-state index in [0.29, 0.717) is 22.2 Å². The van der Waals surface area contributed by atoms with Gasteiger partial charge in [-0.3, -0.25) is 9.59 Å². The highest BCUT2D eigenvalue weighted by Gasteiger charge is 2.18. The number of hydrogen-bond acceptors (Lipinski definition) is 5. The van der Waals surface area contributed by atoms with E-state index in [4.69, 9.17) is 11.5 Å². The molecular formula is C14H11N5O2. The van der Waals surface area contributed by atoms with Crippen molar-refractivity contribution in [1.29, 1.82) is 0 Å². The zero-order valence-corrected chi connectivity index (χ0v) is 10.8. The molecule has 5 N–H and O–H groups in total. The lowest BCUT2D eigenvalue weighted by atomic mass is 10.0. The Balaban J connectivity index is 2.13. The number of benzene rings is 1. The molecule has 0 saturated carbocycles. The standard InChI is InChI=1S/C14H11N5O2/c15-12-10-9(5-17-14(10)19-6-18-12)11(20)7-2-1-3-8(4-7)13(16)21/h1-6H,(H2,16,21)(H3,15,17,18,19). The number of hydrogen-bond donors (Lipinski definition) is 3. The number of carbonyl (C=O) groups is 2. The summed E-state index contributed by atoms with van der Waals surface area (Å²) < 4.78 is 0. The van der Waals surface area contributed by atoms with Crippen LogP contribution >= 0.6 is 0 Å². The van der Waals surface area contributed by atoms with Gasteiger partial charge in [-0.15, -0.1) is 0 Å². The SMILES string of the molecule is NC(=O)c1cccc(C(=O)c2c[nH]c3ncnc(N)c23)c1. The zero-order chi connectivity index (χ0) is 15.0. The first-order chi connectivity index (χ1) is 10.1. The van der Waals surface area contributed by atoms with Crippen LogP contribution in [0.1, 0.15) is 26.3 Å². The van der Waals surface area contributed by atoms with Crippen molar-refractivity contribution in [2.75, 3.05) is 5.73 Å². The molecule has 7 nitrogen and oxygen atoms in total. The van der Waals surface area contributed by atoms with Gasteiger partial charge in [0, 0.05) is 17.3 Å². The normalized spacial score (nSPS) is 10.7. The predicted molar refractivity (Wildman–Crippen MR) is 76.7 cm³/mol. The fraction of sp³-hybridized carbons (Fsp3) is 0. The van der Waals surface area contributed by atoms with Crippen molar-refractivity contribution in [1.82, 2.24) is 15.0 Å². The molecule has 0 radical (unpaired) electrons. The first-order valence-electron chi connectivity index (χ1n) is 6.10. The number of rotatable bonds is 3. The van der Waals surface area contributed by atoms with Crippen LogP contribution in [0.4, 0.5) is 5.82 Å². The minimum atomic E-state index is -0.591. The summed E-state index contributed by atoms with van der Waals surface area (Å²) in [5.41, 5.74) is 12.5. The Labute approximate surface area is 119 Å². The van der Waals surface area contributed by atoms with Gasteiger partial charge in [-0.1, -0.05) is 12.1 Å². The van der Waals surface area contributed by atoms with E-state index in [1.54, 1.807) is 18.2 Å². The molecule has 3 aromatic rings. The number of aromatic amines is 1. The average Bonchev–Trinajstić information content (AvgIpc) is 2.92. The van der Waals surface area contributed by atoms with E-state index in [9.17, 15) is 9.59 Å². The molecule has 104 valence electrons. The molecule has 0 spiro atoms. The number of H-pyrrole nitrogens is 1. The van der Waals surface area contributed by atoms with Crippen LogP contribution in [-0.4, -0.2) is 26.6 Å². The van der Waals surface area contributed by atoms with E-state index in [2.05, 4.69) is 15.0 Å². The molecule has 2 aromatic heterocycles. The summed E-state index contributed by atoms with van der Waals surface area (Å²) >= 11 is 0. The smallest absolute Gasteiger partial charge is 0.248 e. The molecule has 0 saturated heterocycles. The Morgan fingerprint density at radius 1 is 1.14 bits per heavy atom. The molecule has 0 atom stereocenters. The number of primary amides is 1. The van der Waals surface area contributed by atoms with Crippen molar-refractivity contribution >= 4 is 28.5 Å². The molecule has 7 heteroatoms. The van der Waals surface area contributed by atoms with E-state index in [1.807, 2.05) is 0 Å². The van der Waals surface area contributed by atoms with Gasteiger partial charge in [0.05, 0.1) is 10.9 Å². The molecule has 0 fully saturated rings. The van der Waals surface area contributed by atoms with Crippen molar-refractivity contribution in [2.24, 2.45) is 5.73 Å². The molecule has 0 aliphatic carbocycles. The van der Waals surface area contributed by atoms with Gasteiger partial charge in [0.2, 0.25) is 5.91 Å². The second kappa shape index (κ2) is 4.71. The molecule has 1 amide bonds. The quantitative estimate of drug-likeness (QED) is 0.614. The maximum absolute atomic E-state index is 12.6. The number of ketones is 1. The van der Waals surface area contributed by atoms with Crippen LogP contribution in [0.3, 0.4) is 0 Å². The summed E-state index contributed by atoms with van der Waals surface area (Å²) in [5, 5.41) is 0.465. The number of nitrogens with two attached hydrogens (primary N) is 2. The van der Waals surface area contributed by atoms with Crippen LogP contribution in [-0.2, 0) is 0 Å². The lowest BCUT2D eigenvalue weighted by Gasteiger charge is -2.02. The molecule has 0 aliphatic heterocycles. The molecule has 21 heavy (non-hydrogen) atoms. The minimum absolute atomic E-state index is 0.218. The summed E-state index contributed by atoms with van der Waals surface area (Å²) in [6.07, 6.45) is 2.84. The molecule has 3 rings (SSSR count). The van der Waals surface area contributed by atoms with Gasteiger partial charge in [-0.05, 0) is 12.1 Å². The van der Waals surface area contributed by atoms with Crippen LogP contribution in [0, 0.1) is 0 Å². The lowest BCUT2D eigenvalue weighted by Crippen LogP contribution is -2.12. The molecular weight excluding hydrogens is 270 g/mol. The van der Waals surface area contributed by atoms with Crippen LogP contribution in [0.2, 0.25) is 0 Å². The maximum Gasteiger partial charge on any atom is 0.248 e. The highest BCUT2D eigenvalue weighted by molar-refractivity contribution is 6.18. The fourth-order valence-corrected chi connectivity index (χ4v) is 2.14. The highest BCUT2D eigenvalue weighted by Crippen LogP contribution is 2.23. The third kappa shape index (κ3) is 2.10. The Morgan fingerprint density at radius 3 is 2.67 bits per heavy atom. The molecule has 0 bridgehead atoms. The summed E-state index contributed by atoms with van der Waals surface area (Å²) in [7, 11) is 0. The summed E-state index contributed by atoms with van der Waals surface area (Å²) in [5.74, 6) is -0.659. The molecule has 0 aliphatic rings. The van der Waals surface area contributed by atoms with Crippen molar-refractivity contribution in [3.63, 3.8) is 0 Å². The molecule has 1 aromatic carbocycles. The van der Waals surface area contributed by atoms with Crippen molar-refractivity contribution in [3.05, 3.63) is 53.5 Å².